The van der Waals surface area contributed by atoms with Gasteiger partial charge in [0.2, 0.25) is 0 Å². The lowest BCUT2D eigenvalue weighted by molar-refractivity contribution is -0.216. The van der Waals surface area contributed by atoms with Crippen LogP contribution in [0.15, 0.2) is 89.6 Å². The van der Waals surface area contributed by atoms with Crippen molar-refractivity contribution in [2.24, 2.45) is 34.5 Å². The van der Waals surface area contributed by atoms with Gasteiger partial charge in [-0.25, -0.2) is 0 Å². The SMILES string of the molecule is CC(C)(C)[Si](O[C@H]1CC[C@@]2(C)[C@H](C1)[C@@H](O)[C@H](O)C1[C@@H]2CC[C@]2(C)C(c3ccco3)=CC[C@@H]12)(c1ccccc1)c1ccccc1. The molecule has 0 bridgehead atoms. The molecule has 1 heterocycles. The van der Waals surface area contributed by atoms with E-state index in [1.807, 2.05) is 6.07 Å². The molecule has 234 valence electrons. The highest BCUT2D eigenvalue weighted by atomic mass is 28.4. The summed E-state index contributed by atoms with van der Waals surface area (Å²) >= 11 is 0. The lowest BCUT2D eigenvalue weighted by atomic mass is 9.43. The lowest BCUT2D eigenvalue weighted by Crippen LogP contribution is -2.69. The average molecular weight is 611 g/mol. The molecule has 5 heteroatoms. The van der Waals surface area contributed by atoms with Crippen LogP contribution in [0.4, 0.5) is 0 Å². The summed E-state index contributed by atoms with van der Waals surface area (Å²) < 4.78 is 13.5. The molecule has 0 aliphatic heterocycles. The molecule has 1 aromatic heterocycles. The molecule has 2 aromatic carbocycles. The first kappa shape index (κ1) is 30.2. The number of benzene rings is 2. The van der Waals surface area contributed by atoms with Crippen molar-refractivity contribution in [2.75, 3.05) is 0 Å². The Bertz CT molecular complexity index is 1440. The number of hydrogen-bond acceptors (Lipinski definition) is 4. The molecule has 4 nitrogen and oxygen atoms in total. The van der Waals surface area contributed by atoms with E-state index >= 15 is 0 Å². The minimum absolute atomic E-state index is 0.0129. The van der Waals surface area contributed by atoms with E-state index in [0.717, 1.165) is 44.3 Å². The zero-order valence-electron chi connectivity index (χ0n) is 27.1. The summed E-state index contributed by atoms with van der Waals surface area (Å²) in [5.41, 5.74) is 1.23. The predicted molar refractivity (Wildman–Crippen MR) is 179 cm³/mol. The van der Waals surface area contributed by atoms with Gasteiger partial charge in [0.05, 0.1) is 18.5 Å². The van der Waals surface area contributed by atoms with E-state index in [0.29, 0.717) is 11.8 Å². The van der Waals surface area contributed by atoms with Crippen molar-refractivity contribution in [1.29, 1.82) is 0 Å². The summed E-state index contributed by atoms with van der Waals surface area (Å²) in [5.74, 6) is 1.77. The number of allylic oxidation sites excluding steroid dienone is 2. The molecule has 2 N–H and O–H groups in total. The van der Waals surface area contributed by atoms with Gasteiger partial charge in [0, 0.05) is 6.10 Å². The van der Waals surface area contributed by atoms with Crippen LogP contribution in [0.5, 0.6) is 0 Å². The normalized spacial score (nSPS) is 37.1. The van der Waals surface area contributed by atoms with Gasteiger partial charge in [0.1, 0.15) is 5.76 Å². The summed E-state index contributed by atoms with van der Waals surface area (Å²) in [7, 11) is -2.71. The monoisotopic (exact) mass is 610 g/mol. The van der Waals surface area contributed by atoms with Crippen LogP contribution in [0, 0.1) is 34.5 Å². The summed E-state index contributed by atoms with van der Waals surface area (Å²) in [6.07, 6.45) is 8.59. The van der Waals surface area contributed by atoms with Crippen LogP contribution in [0.1, 0.15) is 78.9 Å². The molecule has 9 atom stereocenters. The third kappa shape index (κ3) is 4.40. The third-order valence-corrected chi connectivity index (χ3v) is 17.9. The van der Waals surface area contributed by atoms with Gasteiger partial charge in [0.25, 0.3) is 8.32 Å². The van der Waals surface area contributed by atoms with E-state index in [9.17, 15) is 10.2 Å². The Hall–Kier alpha value is -2.44. The topological polar surface area (TPSA) is 62.8 Å². The molecular weight excluding hydrogens is 561 g/mol. The molecule has 0 saturated heterocycles. The van der Waals surface area contributed by atoms with Crippen molar-refractivity contribution in [3.8, 4) is 0 Å². The fraction of sp³-hybridized carbons (Fsp3) is 0.538. The Morgan fingerprint density at radius 3 is 2.05 bits per heavy atom. The van der Waals surface area contributed by atoms with E-state index in [4.69, 9.17) is 8.84 Å². The highest BCUT2D eigenvalue weighted by molar-refractivity contribution is 6.99. The highest BCUT2D eigenvalue weighted by Crippen LogP contribution is 2.67. The molecule has 44 heavy (non-hydrogen) atoms. The molecule has 7 rings (SSSR count). The van der Waals surface area contributed by atoms with Crippen LogP contribution in [-0.4, -0.2) is 36.8 Å². The average Bonchev–Trinajstić information content (AvgIpc) is 3.67. The van der Waals surface area contributed by atoms with Crippen molar-refractivity contribution < 1.29 is 19.1 Å². The molecule has 4 aliphatic carbocycles. The fourth-order valence-corrected chi connectivity index (χ4v) is 15.4. The van der Waals surface area contributed by atoms with Gasteiger partial charge < -0.3 is 19.1 Å². The summed E-state index contributed by atoms with van der Waals surface area (Å²) in [4.78, 5) is 0. The molecule has 0 amide bonds. The first-order valence-electron chi connectivity index (χ1n) is 16.9. The molecule has 1 unspecified atom stereocenters. The summed E-state index contributed by atoms with van der Waals surface area (Å²) in [6.45, 7) is 11.8. The second-order valence-corrected chi connectivity index (χ2v) is 20.1. The molecule has 0 spiro atoms. The molecule has 4 aliphatic rings. The predicted octanol–water partition coefficient (Wildman–Crippen LogP) is 7.20. The summed E-state index contributed by atoms with van der Waals surface area (Å²) in [6, 6.07) is 25.8. The van der Waals surface area contributed by atoms with Gasteiger partial charge in [-0.3, -0.25) is 0 Å². The number of aliphatic hydroxyl groups is 2. The van der Waals surface area contributed by atoms with Crippen molar-refractivity contribution in [3.05, 3.63) is 90.9 Å². The van der Waals surface area contributed by atoms with Gasteiger partial charge in [-0.05, 0) is 106 Å². The number of hydrogen-bond donors (Lipinski definition) is 2. The Morgan fingerprint density at radius 2 is 1.45 bits per heavy atom. The second-order valence-electron chi connectivity index (χ2n) is 15.8. The smallest absolute Gasteiger partial charge is 0.261 e. The van der Waals surface area contributed by atoms with Crippen molar-refractivity contribution >= 4 is 24.3 Å². The standard InChI is InChI=1S/C39H50O4Si/c1-37(2,3)44(27-13-8-6-9-14-27,28-15-10-7-11-16-28)43-26-20-22-39(5)31-21-23-38(4)29(33-17-12-24-42-33)18-19-30(38)34(31)36(41)35(40)32(39)25-26/h6-18,24,26,30-32,34-36,40-41H,19-23,25H2,1-5H3/t26-,30-,31-,32+,34?,35+,36+,38+,39+/m0/s1. The van der Waals surface area contributed by atoms with Crippen molar-refractivity contribution in [3.63, 3.8) is 0 Å². The van der Waals surface area contributed by atoms with E-state index in [2.05, 4.69) is 107 Å². The maximum absolute atomic E-state index is 12.0. The van der Waals surface area contributed by atoms with Gasteiger partial charge >= 0.3 is 0 Å². The van der Waals surface area contributed by atoms with E-state index < -0.39 is 20.5 Å². The number of fused-ring (bicyclic) bond motifs is 5. The number of aliphatic hydroxyl groups excluding tert-OH is 2. The first-order valence-corrected chi connectivity index (χ1v) is 18.8. The molecule has 3 aromatic rings. The summed E-state index contributed by atoms with van der Waals surface area (Å²) in [5, 5.41) is 26.5. The Morgan fingerprint density at radius 1 is 0.795 bits per heavy atom. The zero-order chi connectivity index (χ0) is 30.9. The van der Waals surface area contributed by atoms with Crippen molar-refractivity contribution in [2.45, 2.75) is 96.5 Å². The minimum Gasteiger partial charge on any atom is -0.465 e. The van der Waals surface area contributed by atoms with E-state index in [1.165, 1.54) is 15.9 Å². The quantitative estimate of drug-likeness (QED) is 0.300. The lowest BCUT2D eigenvalue weighted by Gasteiger charge is -2.63. The van der Waals surface area contributed by atoms with Crippen LogP contribution < -0.4 is 10.4 Å². The Balaban J connectivity index is 1.19. The van der Waals surface area contributed by atoms with Crippen LogP contribution >= 0.6 is 0 Å². The van der Waals surface area contributed by atoms with Crippen molar-refractivity contribution in [1.82, 2.24) is 0 Å². The molecular formula is C39H50O4Si. The molecule has 0 radical (unpaired) electrons. The second kappa shape index (κ2) is 10.8. The van der Waals surface area contributed by atoms with Crippen LogP contribution in [0.2, 0.25) is 5.04 Å². The number of rotatable bonds is 5. The van der Waals surface area contributed by atoms with Gasteiger partial charge in [-0.2, -0.15) is 0 Å². The Kier molecular flexibility index (Phi) is 7.44. The van der Waals surface area contributed by atoms with E-state index in [1.54, 1.807) is 6.26 Å². The van der Waals surface area contributed by atoms with Gasteiger partial charge in [-0.15, -0.1) is 0 Å². The largest absolute Gasteiger partial charge is 0.465 e. The minimum atomic E-state index is -2.71. The molecule has 3 fully saturated rings. The first-order chi connectivity index (χ1) is 21.0. The highest BCUT2D eigenvalue weighted by Gasteiger charge is 2.65. The van der Waals surface area contributed by atoms with Gasteiger partial charge in [-0.1, -0.05) is 101 Å². The van der Waals surface area contributed by atoms with Crippen LogP contribution in [-0.2, 0) is 4.43 Å². The van der Waals surface area contributed by atoms with E-state index in [-0.39, 0.29) is 33.8 Å². The third-order valence-electron chi connectivity index (χ3n) is 12.8. The Labute approximate surface area is 264 Å². The number of furan rings is 1. The van der Waals surface area contributed by atoms with Crippen LogP contribution in [0.3, 0.4) is 0 Å². The van der Waals surface area contributed by atoms with Gasteiger partial charge in [0.15, 0.2) is 0 Å². The fourth-order valence-electron chi connectivity index (χ4n) is 10.7. The maximum Gasteiger partial charge on any atom is 0.261 e. The maximum atomic E-state index is 12.0. The zero-order valence-corrected chi connectivity index (χ0v) is 28.1. The van der Waals surface area contributed by atoms with Crippen LogP contribution in [0.25, 0.3) is 5.57 Å². The molecule has 3 saturated carbocycles.